The van der Waals surface area contributed by atoms with Crippen LogP contribution in [0.4, 0.5) is 0 Å². The van der Waals surface area contributed by atoms with Gasteiger partial charge in [-0.25, -0.2) is 0 Å². The number of ether oxygens (including phenoxy) is 1. The molecule has 1 atom stereocenters. The van der Waals surface area contributed by atoms with Crippen LogP contribution in [0.15, 0.2) is 36.7 Å². The molecule has 108 valence electrons. The van der Waals surface area contributed by atoms with Crippen LogP contribution in [0.5, 0.6) is 11.5 Å². The molecule has 0 bridgehead atoms. The van der Waals surface area contributed by atoms with Crippen molar-refractivity contribution in [2.45, 2.75) is 45.7 Å². The van der Waals surface area contributed by atoms with Crippen molar-refractivity contribution in [1.82, 2.24) is 9.78 Å². The summed E-state index contributed by atoms with van der Waals surface area (Å²) < 4.78 is 7.72. The Morgan fingerprint density at radius 1 is 1.30 bits per heavy atom. The maximum Gasteiger partial charge on any atom is 0.165 e. The second-order valence-electron chi connectivity index (χ2n) is 5.37. The molecule has 0 aliphatic carbocycles. The van der Waals surface area contributed by atoms with Gasteiger partial charge in [0.15, 0.2) is 5.75 Å². The largest absolute Gasteiger partial charge is 0.454 e. The molecule has 2 aromatic rings. The van der Waals surface area contributed by atoms with Gasteiger partial charge in [-0.1, -0.05) is 19.1 Å². The van der Waals surface area contributed by atoms with E-state index in [1.807, 2.05) is 29.1 Å². The summed E-state index contributed by atoms with van der Waals surface area (Å²) in [5.41, 5.74) is 7.19. The second kappa shape index (κ2) is 6.57. The zero-order valence-electron chi connectivity index (χ0n) is 12.4. The number of aromatic nitrogens is 2. The summed E-state index contributed by atoms with van der Waals surface area (Å²) in [6.45, 7) is 6.28. The molecular weight excluding hydrogens is 250 g/mol. The zero-order valence-corrected chi connectivity index (χ0v) is 12.4. The summed E-state index contributed by atoms with van der Waals surface area (Å²) in [7, 11) is 0. The first kappa shape index (κ1) is 14.6. The highest BCUT2D eigenvalue weighted by atomic mass is 16.5. The molecule has 20 heavy (non-hydrogen) atoms. The molecule has 1 aromatic carbocycles. The SMILES string of the molecule is CCC(N)Cc1cccc(Oc2cnn(C(C)C)c2)c1. The third kappa shape index (κ3) is 3.84. The number of rotatable bonds is 6. The van der Waals surface area contributed by atoms with Crippen LogP contribution < -0.4 is 10.5 Å². The van der Waals surface area contributed by atoms with Crippen molar-refractivity contribution in [2.24, 2.45) is 5.73 Å². The minimum atomic E-state index is 0.203. The molecule has 2 N–H and O–H groups in total. The molecule has 4 heteroatoms. The van der Waals surface area contributed by atoms with Crippen LogP contribution in [0.3, 0.4) is 0 Å². The summed E-state index contributed by atoms with van der Waals surface area (Å²) in [5, 5.41) is 4.27. The molecule has 0 saturated heterocycles. The fourth-order valence-corrected chi connectivity index (χ4v) is 1.97. The molecule has 0 spiro atoms. The zero-order chi connectivity index (χ0) is 14.5. The minimum Gasteiger partial charge on any atom is -0.454 e. The van der Waals surface area contributed by atoms with E-state index >= 15 is 0 Å². The first-order valence-electron chi connectivity index (χ1n) is 7.15. The van der Waals surface area contributed by atoms with Gasteiger partial charge < -0.3 is 10.5 Å². The quantitative estimate of drug-likeness (QED) is 0.876. The van der Waals surface area contributed by atoms with E-state index < -0.39 is 0 Å². The van der Waals surface area contributed by atoms with Crippen molar-refractivity contribution < 1.29 is 4.74 Å². The van der Waals surface area contributed by atoms with Crippen molar-refractivity contribution in [3.05, 3.63) is 42.2 Å². The van der Waals surface area contributed by atoms with Gasteiger partial charge in [-0.2, -0.15) is 5.10 Å². The standard InChI is InChI=1S/C16H23N3O/c1-4-14(17)8-13-6-5-7-15(9-13)20-16-10-18-19(11-16)12(2)3/h5-7,9-12,14H,4,8,17H2,1-3H3. The van der Waals surface area contributed by atoms with E-state index in [1.165, 1.54) is 5.56 Å². The van der Waals surface area contributed by atoms with Gasteiger partial charge in [0.1, 0.15) is 5.75 Å². The highest BCUT2D eigenvalue weighted by Gasteiger charge is 2.06. The average molecular weight is 273 g/mol. The molecule has 0 aliphatic rings. The number of benzene rings is 1. The van der Waals surface area contributed by atoms with E-state index in [1.54, 1.807) is 6.20 Å². The van der Waals surface area contributed by atoms with Gasteiger partial charge >= 0.3 is 0 Å². The lowest BCUT2D eigenvalue weighted by atomic mass is 10.0. The molecule has 0 fully saturated rings. The smallest absolute Gasteiger partial charge is 0.165 e. The van der Waals surface area contributed by atoms with Crippen LogP contribution in [0.1, 0.15) is 38.8 Å². The van der Waals surface area contributed by atoms with Crippen molar-refractivity contribution in [3.8, 4) is 11.5 Å². The van der Waals surface area contributed by atoms with Gasteiger partial charge in [-0.15, -0.1) is 0 Å². The topological polar surface area (TPSA) is 53.1 Å². The van der Waals surface area contributed by atoms with Crippen LogP contribution >= 0.6 is 0 Å². The first-order valence-corrected chi connectivity index (χ1v) is 7.15. The van der Waals surface area contributed by atoms with E-state index in [4.69, 9.17) is 10.5 Å². The van der Waals surface area contributed by atoms with E-state index in [0.29, 0.717) is 6.04 Å². The average Bonchev–Trinajstić information content (AvgIpc) is 2.87. The summed E-state index contributed by atoms with van der Waals surface area (Å²) in [5.74, 6) is 1.59. The molecule has 1 unspecified atom stereocenters. The lowest BCUT2D eigenvalue weighted by Gasteiger charge is -2.10. The molecule has 2 rings (SSSR count). The number of hydrogen-bond acceptors (Lipinski definition) is 3. The summed E-state index contributed by atoms with van der Waals surface area (Å²) in [6.07, 6.45) is 5.50. The maximum absolute atomic E-state index is 5.99. The summed E-state index contributed by atoms with van der Waals surface area (Å²) >= 11 is 0. The summed E-state index contributed by atoms with van der Waals surface area (Å²) in [4.78, 5) is 0. The van der Waals surface area contributed by atoms with Gasteiger partial charge in [0.05, 0.1) is 12.4 Å². The normalized spacial score (nSPS) is 12.7. The van der Waals surface area contributed by atoms with Gasteiger partial charge in [0.2, 0.25) is 0 Å². The van der Waals surface area contributed by atoms with E-state index in [0.717, 1.165) is 24.3 Å². The molecule has 0 saturated carbocycles. The second-order valence-corrected chi connectivity index (χ2v) is 5.37. The molecule has 1 heterocycles. The molecule has 0 radical (unpaired) electrons. The van der Waals surface area contributed by atoms with Crippen molar-refractivity contribution in [2.75, 3.05) is 0 Å². The Balaban J connectivity index is 2.06. The van der Waals surface area contributed by atoms with Crippen LogP contribution in [0.25, 0.3) is 0 Å². The maximum atomic E-state index is 5.99. The predicted molar refractivity (Wildman–Crippen MR) is 81.1 cm³/mol. The van der Waals surface area contributed by atoms with Gasteiger partial charge in [-0.05, 0) is 44.4 Å². The predicted octanol–water partition coefficient (Wildman–Crippen LogP) is 3.54. The lowest BCUT2D eigenvalue weighted by Crippen LogP contribution is -2.21. The molecule has 0 aliphatic heterocycles. The number of hydrogen-bond donors (Lipinski definition) is 1. The monoisotopic (exact) mass is 273 g/mol. The third-order valence-electron chi connectivity index (χ3n) is 3.26. The Hall–Kier alpha value is -1.81. The van der Waals surface area contributed by atoms with Crippen molar-refractivity contribution in [3.63, 3.8) is 0 Å². The van der Waals surface area contributed by atoms with Crippen LogP contribution in [-0.4, -0.2) is 15.8 Å². The van der Waals surface area contributed by atoms with Crippen LogP contribution in [-0.2, 0) is 6.42 Å². The Kier molecular flexibility index (Phi) is 4.79. The van der Waals surface area contributed by atoms with Crippen LogP contribution in [0, 0.1) is 0 Å². The Bertz CT molecular complexity index is 548. The van der Waals surface area contributed by atoms with Gasteiger partial charge in [-0.3, -0.25) is 4.68 Å². The first-order chi connectivity index (χ1) is 9.58. The highest BCUT2D eigenvalue weighted by molar-refractivity contribution is 5.32. The van der Waals surface area contributed by atoms with E-state index in [-0.39, 0.29) is 6.04 Å². The highest BCUT2D eigenvalue weighted by Crippen LogP contribution is 2.23. The Labute approximate surface area is 120 Å². The Morgan fingerprint density at radius 3 is 2.75 bits per heavy atom. The summed E-state index contributed by atoms with van der Waals surface area (Å²) in [6, 6.07) is 8.62. The fraction of sp³-hybridized carbons (Fsp3) is 0.438. The van der Waals surface area contributed by atoms with Crippen molar-refractivity contribution >= 4 is 0 Å². The van der Waals surface area contributed by atoms with Gasteiger partial charge in [0.25, 0.3) is 0 Å². The lowest BCUT2D eigenvalue weighted by molar-refractivity contribution is 0.476. The fourth-order valence-electron chi connectivity index (χ4n) is 1.97. The molecular formula is C16H23N3O. The van der Waals surface area contributed by atoms with E-state index in [2.05, 4.69) is 31.9 Å². The van der Waals surface area contributed by atoms with Crippen molar-refractivity contribution in [1.29, 1.82) is 0 Å². The minimum absolute atomic E-state index is 0.203. The van der Waals surface area contributed by atoms with E-state index in [9.17, 15) is 0 Å². The van der Waals surface area contributed by atoms with Gasteiger partial charge in [0, 0.05) is 12.1 Å². The Morgan fingerprint density at radius 2 is 2.10 bits per heavy atom. The molecule has 1 aromatic heterocycles. The number of nitrogens with two attached hydrogens (primary N) is 1. The number of nitrogens with zero attached hydrogens (tertiary/aromatic N) is 2. The molecule has 0 amide bonds. The molecule has 4 nitrogen and oxygen atoms in total. The third-order valence-corrected chi connectivity index (χ3v) is 3.26. The van der Waals surface area contributed by atoms with Crippen LogP contribution in [0.2, 0.25) is 0 Å².